The normalized spacial score (nSPS) is 10.6. The zero-order valence-electron chi connectivity index (χ0n) is 7.12. The van der Waals surface area contributed by atoms with E-state index in [-0.39, 0.29) is 6.42 Å². The van der Waals surface area contributed by atoms with Gasteiger partial charge < -0.3 is 10.1 Å². The van der Waals surface area contributed by atoms with Crippen molar-refractivity contribution in [3.8, 4) is 0 Å². The van der Waals surface area contributed by atoms with Crippen LogP contribution in [-0.2, 0) is 11.2 Å². The number of aromatic amines is 1. The largest absolute Gasteiger partial charge is 0.481 e. The Labute approximate surface area is 84.5 Å². The zero-order valence-corrected chi connectivity index (χ0v) is 7.88. The van der Waals surface area contributed by atoms with Gasteiger partial charge in [-0.25, -0.2) is 4.98 Å². The molecule has 14 heavy (non-hydrogen) atoms. The second kappa shape index (κ2) is 3.31. The summed E-state index contributed by atoms with van der Waals surface area (Å²) < 4.78 is 0. The Morgan fingerprint density at radius 3 is 3.07 bits per heavy atom. The number of carbonyl (C=O) groups is 1. The number of H-pyrrole nitrogens is 1. The summed E-state index contributed by atoms with van der Waals surface area (Å²) >= 11 is 5.82. The van der Waals surface area contributed by atoms with E-state index >= 15 is 0 Å². The lowest BCUT2D eigenvalue weighted by Gasteiger charge is -1.99. The summed E-state index contributed by atoms with van der Waals surface area (Å²) in [6.45, 7) is 0. The molecule has 1 aromatic heterocycles. The van der Waals surface area contributed by atoms with Crippen LogP contribution >= 0.6 is 11.6 Å². The first-order chi connectivity index (χ1) is 6.66. The maximum atomic E-state index is 10.6. The molecule has 1 heterocycles. The molecule has 0 fully saturated rings. The van der Waals surface area contributed by atoms with Gasteiger partial charge in [-0.2, -0.15) is 0 Å². The topological polar surface area (TPSA) is 66.0 Å². The molecule has 2 N–H and O–H groups in total. The number of benzene rings is 1. The zero-order chi connectivity index (χ0) is 10.1. The van der Waals surface area contributed by atoms with Crippen molar-refractivity contribution in [3.63, 3.8) is 0 Å². The van der Waals surface area contributed by atoms with Crippen molar-refractivity contribution in [2.45, 2.75) is 6.42 Å². The molecule has 2 aromatic rings. The Bertz CT molecular complexity index is 493. The molecule has 0 aliphatic carbocycles. The van der Waals surface area contributed by atoms with Crippen LogP contribution in [0.2, 0.25) is 5.02 Å². The summed E-state index contributed by atoms with van der Waals surface area (Å²) in [6, 6.07) is 3.34. The van der Waals surface area contributed by atoms with Crippen molar-refractivity contribution in [3.05, 3.63) is 29.0 Å². The minimum absolute atomic E-state index is 0.0675. The van der Waals surface area contributed by atoms with Crippen LogP contribution in [-0.4, -0.2) is 21.0 Å². The molecular weight excluding hydrogens is 204 g/mol. The Morgan fingerprint density at radius 1 is 1.57 bits per heavy atom. The number of aliphatic carboxylic acids is 1. The van der Waals surface area contributed by atoms with Crippen LogP contribution in [0.5, 0.6) is 0 Å². The first-order valence-corrected chi connectivity index (χ1v) is 4.38. The molecule has 0 amide bonds. The fraction of sp³-hybridized carbons (Fsp3) is 0.111. The third kappa shape index (κ3) is 1.56. The number of nitrogens with one attached hydrogen (secondary N) is 1. The lowest BCUT2D eigenvalue weighted by atomic mass is 10.1. The van der Waals surface area contributed by atoms with E-state index in [1.807, 2.05) is 0 Å². The molecule has 5 heteroatoms. The van der Waals surface area contributed by atoms with E-state index in [4.69, 9.17) is 16.7 Å². The Balaban J connectivity index is 2.60. The molecule has 72 valence electrons. The van der Waals surface area contributed by atoms with Gasteiger partial charge in [-0.15, -0.1) is 0 Å². The second-order valence-corrected chi connectivity index (χ2v) is 3.37. The highest BCUT2D eigenvalue weighted by Gasteiger charge is 2.08. The van der Waals surface area contributed by atoms with E-state index in [1.54, 1.807) is 12.1 Å². The van der Waals surface area contributed by atoms with E-state index in [0.717, 1.165) is 5.52 Å². The number of carboxylic acid groups (broad SMARTS) is 1. The van der Waals surface area contributed by atoms with E-state index in [9.17, 15) is 4.79 Å². The molecule has 4 nitrogen and oxygen atoms in total. The van der Waals surface area contributed by atoms with Gasteiger partial charge in [0.15, 0.2) is 0 Å². The SMILES string of the molecule is O=C(O)Cc1cc(Cl)cc2[nH]cnc12. The van der Waals surface area contributed by atoms with Gasteiger partial charge in [-0.05, 0) is 17.7 Å². The van der Waals surface area contributed by atoms with Gasteiger partial charge in [0, 0.05) is 5.02 Å². The molecule has 0 spiro atoms. The molecular formula is C9H7ClN2O2. The van der Waals surface area contributed by atoms with Crippen molar-refractivity contribution in [1.29, 1.82) is 0 Å². The van der Waals surface area contributed by atoms with Crippen molar-refractivity contribution < 1.29 is 9.90 Å². The lowest BCUT2D eigenvalue weighted by molar-refractivity contribution is -0.136. The molecule has 1 aromatic carbocycles. The molecule has 0 saturated carbocycles. The van der Waals surface area contributed by atoms with Crippen molar-refractivity contribution in [2.24, 2.45) is 0 Å². The molecule has 0 saturated heterocycles. The van der Waals surface area contributed by atoms with Crippen LogP contribution in [0.1, 0.15) is 5.56 Å². The number of fused-ring (bicyclic) bond motifs is 1. The highest BCUT2D eigenvalue weighted by atomic mass is 35.5. The van der Waals surface area contributed by atoms with Crippen LogP contribution in [0.4, 0.5) is 0 Å². The van der Waals surface area contributed by atoms with Crippen LogP contribution in [0, 0.1) is 0 Å². The second-order valence-electron chi connectivity index (χ2n) is 2.93. The Hall–Kier alpha value is -1.55. The molecule has 0 atom stereocenters. The Morgan fingerprint density at radius 2 is 2.36 bits per heavy atom. The number of imidazole rings is 1. The predicted octanol–water partition coefficient (Wildman–Crippen LogP) is 1.84. The van der Waals surface area contributed by atoms with Gasteiger partial charge in [0.05, 0.1) is 23.8 Å². The Kier molecular flexibility index (Phi) is 2.13. The minimum atomic E-state index is -0.892. The third-order valence-corrected chi connectivity index (χ3v) is 2.13. The maximum absolute atomic E-state index is 10.6. The summed E-state index contributed by atoms with van der Waals surface area (Å²) in [6.07, 6.45) is 1.45. The molecule has 0 aliphatic heterocycles. The predicted molar refractivity (Wildman–Crippen MR) is 52.4 cm³/mol. The van der Waals surface area contributed by atoms with Gasteiger partial charge >= 0.3 is 5.97 Å². The minimum Gasteiger partial charge on any atom is -0.481 e. The average Bonchev–Trinajstić information content (AvgIpc) is 2.50. The molecule has 0 radical (unpaired) electrons. The van der Waals surface area contributed by atoms with Crippen LogP contribution in [0.15, 0.2) is 18.5 Å². The number of carboxylic acids is 1. The summed E-state index contributed by atoms with van der Waals surface area (Å²) in [7, 11) is 0. The fourth-order valence-corrected chi connectivity index (χ4v) is 1.62. The van der Waals surface area contributed by atoms with Gasteiger partial charge in [-0.3, -0.25) is 4.79 Å². The standard InChI is InChI=1S/C9H7ClN2O2/c10-6-1-5(2-8(13)14)9-7(3-6)11-4-12-9/h1,3-4H,2H2,(H,11,12)(H,13,14). The van der Waals surface area contributed by atoms with E-state index in [2.05, 4.69) is 9.97 Å². The average molecular weight is 211 g/mol. The van der Waals surface area contributed by atoms with E-state index in [1.165, 1.54) is 6.33 Å². The summed E-state index contributed by atoms with van der Waals surface area (Å²) in [5.74, 6) is -0.892. The summed E-state index contributed by atoms with van der Waals surface area (Å²) in [5.41, 5.74) is 2.05. The van der Waals surface area contributed by atoms with Gasteiger partial charge in [0.2, 0.25) is 0 Å². The monoisotopic (exact) mass is 210 g/mol. The smallest absolute Gasteiger partial charge is 0.307 e. The quantitative estimate of drug-likeness (QED) is 0.795. The van der Waals surface area contributed by atoms with Crippen molar-refractivity contribution >= 4 is 28.6 Å². The van der Waals surface area contributed by atoms with Crippen LogP contribution < -0.4 is 0 Å². The van der Waals surface area contributed by atoms with E-state index in [0.29, 0.717) is 16.1 Å². The summed E-state index contributed by atoms with van der Waals surface area (Å²) in [4.78, 5) is 17.5. The number of aromatic nitrogens is 2. The van der Waals surface area contributed by atoms with Gasteiger partial charge in [0.25, 0.3) is 0 Å². The van der Waals surface area contributed by atoms with Crippen molar-refractivity contribution in [2.75, 3.05) is 0 Å². The lowest BCUT2D eigenvalue weighted by Crippen LogP contribution is -2.00. The van der Waals surface area contributed by atoms with Gasteiger partial charge in [-0.1, -0.05) is 11.6 Å². The third-order valence-electron chi connectivity index (χ3n) is 1.91. The first kappa shape index (κ1) is 9.02. The molecule has 2 rings (SSSR count). The van der Waals surface area contributed by atoms with Gasteiger partial charge in [0.1, 0.15) is 0 Å². The molecule has 0 aliphatic rings. The maximum Gasteiger partial charge on any atom is 0.307 e. The first-order valence-electron chi connectivity index (χ1n) is 4.00. The molecule has 0 bridgehead atoms. The van der Waals surface area contributed by atoms with Crippen LogP contribution in [0.3, 0.4) is 0 Å². The highest BCUT2D eigenvalue weighted by Crippen LogP contribution is 2.21. The molecule has 0 unspecified atom stereocenters. The van der Waals surface area contributed by atoms with E-state index < -0.39 is 5.97 Å². The fourth-order valence-electron chi connectivity index (χ4n) is 1.38. The van der Waals surface area contributed by atoms with Crippen LogP contribution in [0.25, 0.3) is 11.0 Å². The number of hydrogen-bond donors (Lipinski definition) is 2. The van der Waals surface area contributed by atoms with Crippen molar-refractivity contribution in [1.82, 2.24) is 9.97 Å². The number of rotatable bonds is 2. The number of hydrogen-bond acceptors (Lipinski definition) is 2. The summed E-state index contributed by atoms with van der Waals surface area (Å²) in [5, 5.41) is 9.19. The number of nitrogens with zero attached hydrogens (tertiary/aromatic N) is 1. The number of halogens is 1. The highest BCUT2D eigenvalue weighted by molar-refractivity contribution is 6.31.